The van der Waals surface area contributed by atoms with Crippen LogP contribution in [0.1, 0.15) is 25.5 Å². The minimum Gasteiger partial charge on any atom is -0.360 e. The van der Waals surface area contributed by atoms with Crippen LogP contribution in [0.25, 0.3) is 32.7 Å². The number of H-pyrrole nitrogens is 2. The van der Waals surface area contributed by atoms with E-state index in [1.165, 1.54) is 0 Å². The van der Waals surface area contributed by atoms with Crippen LogP contribution in [-0.4, -0.2) is 61.6 Å². The van der Waals surface area contributed by atoms with E-state index in [1.54, 1.807) is 11.3 Å². The van der Waals surface area contributed by atoms with E-state index in [2.05, 4.69) is 45.4 Å². The van der Waals surface area contributed by atoms with Crippen LogP contribution in [0.5, 0.6) is 0 Å². The molecule has 6 heterocycles. The number of piperidine rings is 1. The van der Waals surface area contributed by atoms with Crippen molar-refractivity contribution in [2.45, 2.75) is 38.3 Å². The summed E-state index contributed by atoms with van der Waals surface area (Å²) in [5.41, 5.74) is 5.01. The van der Waals surface area contributed by atoms with Crippen molar-refractivity contribution < 1.29 is 0 Å². The van der Waals surface area contributed by atoms with Gasteiger partial charge in [0.2, 0.25) is 0 Å². The summed E-state index contributed by atoms with van der Waals surface area (Å²) in [5, 5.41) is 13.5. The van der Waals surface area contributed by atoms with Crippen molar-refractivity contribution in [1.29, 1.82) is 0 Å². The molecule has 0 amide bonds. The minimum atomic E-state index is 0.541. The first-order valence-corrected chi connectivity index (χ1v) is 11.5. The molecule has 0 radical (unpaired) electrons. The first kappa shape index (κ1) is 18.7. The van der Waals surface area contributed by atoms with Crippen LogP contribution in [0, 0.1) is 0 Å². The lowest BCUT2D eigenvalue weighted by atomic mass is 9.99. The zero-order valence-electron chi connectivity index (χ0n) is 17.5. The Kier molecular flexibility index (Phi) is 4.39. The zero-order chi connectivity index (χ0) is 20.9. The molecule has 0 aliphatic carbocycles. The fourth-order valence-electron chi connectivity index (χ4n) is 4.67. The van der Waals surface area contributed by atoms with Gasteiger partial charge in [0.05, 0.1) is 23.8 Å². The van der Waals surface area contributed by atoms with E-state index in [0.717, 1.165) is 75.1 Å². The number of thiazole rings is 1. The second-order valence-corrected chi connectivity index (χ2v) is 9.37. The topological polar surface area (TPSA) is 97.9 Å². The number of aromatic nitrogens is 5. The second-order valence-electron chi connectivity index (χ2n) is 8.39. The Bertz CT molecular complexity index is 1270. The molecule has 2 aliphatic rings. The normalized spacial score (nSPS) is 20.8. The molecule has 0 unspecified atom stereocenters. The lowest BCUT2D eigenvalue weighted by molar-refractivity contribution is 0.253. The largest absolute Gasteiger partial charge is 0.360 e. The molecule has 6 rings (SSSR count). The Morgan fingerprint density at radius 2 is 2.19 bits per heavy atom. The van der Waals surface area contributed by atoms with Crippen LogP contribution in [-0.2, 0) is 6.42 Å². The summed E-state index contributed by atoms with van der Waals surface area (Å²) in [6.45, 7) is 3.33. The number of amidine groups is 1. The first-order valence-electron chi connectivity index (χ1n) is 10.7. The Labute approximate surface area is 183 Å². The van der Waals surface area contributed by atoms with Crippen molar-refractivity contribution in [3.8, 4) is 21.8 Å². The predicted octanol–water partition coefficient (Wildman–Crippen LogP) is 3.73. The van der Waals surface area contributed by atoms with E-state index < -0.39 is 0 Å². The highest BCUT2D eigenvalue weighted by Gasteiger charge is 2.29. The van der Waals surface area contributed by atoms with Gasteiger partial charge in [-0.3, -0.25) is 10.1 Å². The molecular weight excluding hydrogens is 408 g/mol. The number of nitrogens with zero attached hydrogens (tertiary/aromatic N) is 5. The molecule has 4 aromatic heterocycles. The summed E-state index contributed by atoms with van der Waals surface area (Å²) in [6.07, 6.45) is 10.7. The Morgan fingerprint density at radius 1 is 1.26 bits per heavy atom. The maximum absolute atomic E-state index is 4.95. The third-order valence-electron chi connectivity index (χ3n) is 6.39. The lowest BCUT2D eigenvalue weighted by Gasteiger charge is -2.35. The molecule has 8 nitrogen and oxygen atoms in total. The molecule has 4 aromatic rings. The average Bonchev–Trinajstić information content (AvgIpc) is 3.56. The van der Waals surface area contributed by atoms with Gasteiger partial charge in [0, 0.05) is 54.2 Å². The Hall–Kier alpha value is -3.04. The van der Waals surface area contributed by atoms with E-state index in [1.807, 2.05) is 24.8 Å². The van der Waals surface area contributed by atoms with Crippen molar-refractivity contribution in [3.63, 3.8) is 0 Å². The van der Waals surface area contributed by atoms with Gasteiger partial charge in [-0.2, -0.15) is 5.10 Å². The molecule has 0 spiro atoms. The van der Waals surface area contributed by atoms with Crippen LogP contribution in [0.3, 0.4) is 0 Å². The first-order chi connectivity index (χ1) is 15.2. The van der Waals surface area contributed by atoms with Crippen LogP contribution in [0.2, 0.25) is 0 Å². The van der Waals surface area contributed by atoms with Crippen molar-refractivity contribution in [2.24, 2.45) is 4.99 Å². The molecule has 1 saturated heterocycles. The highest BCUT2D eigenvalue weighted by molar-refractivity contribution is 7.19. The highest BCUT2D eigenvalue weighted by Crippen LogP contribution is 2.41. The van der Waals surface area contributed by atoms with Gasteiger partial charge in [-0.05, 0) is 32.4 Å². The fraction of sp³-hybridized carbons (Fsp3) is 0.364. The lowest BCUT2D eigenvalue weighted by Crippen LogP contribution is -2.47. The molecule has 0 bridgehead atoms. The number of pyridine rings is 1. The standard InChI is InChI=1S/C22H24N8S/c1-12-7-14(3-5-23-12)30(2)18-8-17-21(29-18)31-22(28-17)20-19-15(4-6-24-19)16(11-25-20)13-9-26-27-10-13/h4,6,9-12,14,23-24H,3,5,7-8H2,1-2H3,(H,26,27)/t12-,14+/m1/s1. The number of hydrogen-bond donors (Lipinski definition) is 3. The summed E-state index contributed by atoms with van der Waals surface area (Å²) < 4.78 is 0. The minimum absolute atomic E-state index is 0.541. The van der Waals surface area contributed by atoms with Crippen LogP contribution < -0.4 is 5.32 Å². The Balaban J connectivity index is 1.31. The number of nitrogens with one attached hydrogen (secondary N) is 3. The zero-order valence-corrected chi connectivity index (χ0v) is 18.3. The smallest absolute Gasteiger partial charge is 0.146 e. The number of hydrogen-bond acceptors (Lipinski definition) is 7. The monoisotopic (exact) mass is 432 g/mol. The highest BCUT2D eigenvalue weighted by atomic mass is 32.1. The van der Waals surface area contributed by atoms with Crippen molar-refractivity contribution in [2.75, 3.05) is 13.6 Å². The third-order valence-corrected chi connectivity index (χ3v) is 7.39. The molecular formula is C22H24N8S. The van der Waals surface area contributed by atoms with Crippen LogP contribution in [0.15, 0.2) is 35.8 Å². The fourth-order valence-corrected chi connectivity index (χ4v) is 5.65. The number of aromatic amines is 2. The molecule has 0 saturated carbocycles. The van der Waals surface area contributed by atoms with Gasteiger partial charge in [0.15, 0.2) is 0 Å². The Morgan fingerprint density at radius 3 is 3.00 bits per heavy atom. The van der Waals surface area contributed by atoms with Crippen molar-refractivity contribution in [1.82, 2.24) is 35.4 Å². The maximum Gasteiger partial charge on any atom is 0.146 e. The maximum atomic E-state index is 4.95. The molecule has 31 heavy (non-hydrogen) atoms. The molecule has 9 heteroatoms. The average molecular weight is 433 g/mol. The summed E-state index contributed by atoms with van der Waals surface area (Å²) in [6, 6.07) is 3.18. The van der Waals surface area contributed by atoms with Crippen molar-refractivity contribution >= 4 is 33.1 Å². The number of aliphatic imine (C=N–C) groups is 1. The quantitative estimate of drug-likeness (QED) is 0.458. The predicted molar refractivity (Wildman–Crippen MR) is 124 cm³/mol. The van der Waals surface area contributed by atoms with Gasteiger partial charge in [0.1, 0.15) is 21.5 Å². The number of fused-ring (bicyclic) bond motifs is 2. The number of likely N-dealkylation sites (N-methyl/N-ethyl adjacent to an activating group) is 1. The van der Waals surface area contributed by atoms with Crippen LogP contribution in [0.4, 0.5) is 5.00 Å². The number of rotatable bonds is 3. The van der Waals surface area contributed by atoms with E-state index in [9.17, 15) is 0 Å². The molecule has 0 aromatic carbocycles. The van der Waals surface area contributed by atoms with E-state index in [4.69, 9.17) is 15.0 Å². The second kappa shape index (κ2) is 7.28. The van der Waals surface area contributed by atoms with Crippen LogP contribution >= 0.6 is 11.3 Å². The molecule has 158 valence electrons. The van der Waals surface area contributed by atoms with E-state index in [0.29, 0.717) is 12.1 Å². The summed E-state index contributed by atoms with van der Waals surface area (Å²) in [7, 11) is 2.18. The van der Waals surface area contributed by atoms with Crippen molar-refractivity contribution in [3.05, 3.63) is 36.5 Å². The molecule has 1 fully saturated rings. The molecule has 3 N–H and O–H groups in total. The molecule has 2 aliphatic heterocycles. The van der Waals surface area contributed by atoms with Gasteiger partial charge in [0.25, 0.3) is 0 Å². The molecule has 2 atom stereocenters. The summed E-state index contributed by atoms with van der Waals surface area (Å²) in [5.74, 6) is 1.13. The van der Waals surface area contributed by atoms with Gasteiger partial charge < -0.3 is 15.2 Å². The van der Waals surface area contributed by atoms with E-state index >= 15 is 0 Å². The SMILES string of the molecule is C[C@@H]1C[C@@H](N(C)C2=Nc3sc(-c4ncc(-c5cn[nH]c5)c5cc[nH]c45)nc3C2)CCN1. The third kappa shape index (κ3) is 3.16. The van der Waals surface area contributed by atoms with Gasteiger partial charge in [-0.1, -0.05) is 11.3 Å². The summed E-state index contributed by atoms with van der Waals surface area (Å²) >= 11 is 1.63. The van der Waals surface area contributed by atoms with E-state index in [-0.39, 0.29) is 0 Å². The van der Waals surface area contributed by atoms with Gasteiger partial charge in [-0.15, -0.1) is 0 Å². The van der Waals surface area contributed by atoms with Gasteiger partial charge >= 0.3 is 0 Å². The van der Waals surface area contributed by atoms with Gasteiger partial charge in [-0.25, -0.2) is 9.98 Å². The summed E-state index contributed by atoms with van der Waals surface area (Å²) in [4.78, 5) is 20.4.